The first-order valence-electron chi connectivity index (χ1n) is 8.52. The third kappa shape index (κ3) is 4.19. The Morgan fingerprint density at radius 2 is 1.71 bits per heavy atom. The highest BCUT2D eigenvalue weighted by Crippen LogP contribution is 2.23. The maximum atomic E-state index is 3.43. The summed E-state index contributed by atoms with van der Waals surface area (Å²) in [6.07, 6.45) is 7.42. The van der Waals surface area contributed by atoms with Crippen molar-refractivity contribution in [2.45, 2.75) is 26.3 Å². The molecule has 3 rings (SSSR count). The normalized spacial score (nSPS) is 13.4. The lowest BCUT2D eigenvalue weighted by atomic mass is 10.2. The molecular weight excluding hydrogens is 294 g/mol. The van der Waals surface area contributed by atoms with Crippen LogP contribution in [-0.2, 0) is 0 Å². The molecular formula is C21H25N3. The minimum atomic E-state index is 0.437. The average molecular weight is 319 g/mol. The standard InChI is InChI=1S/C21H25N3/c1-17(2)24(16-20-10-6-7-15-22-20)21-13-11-19(12-14-21)23-18-8-4-3-5-9-18/h3-5,7-15,17,22-23H,6,16H2,1-2H3. The van der Waals surface area contributed by atoms with Crippen molar-refractivity contribution in [3.05, 3.63) is 78.6 Å². The second kappa shape index (κ2) is 7.73. The number of dihydropyridines is 1. The third-order valence-electron chi connectivity index (χ3n) is 4.11. The fourth-order valence-corrected chi connectivity index (χ4v) is 2.79. The zero-order valence-electron chi connectivity index (χ0n) is 14.4. The Labute approximate surface area is 144 Å². The van der Waals surface area contributed by atoms with E-state index in [1.807, 2.05) is 24.4 Å². The highest BCUT2D eigenvalue weighted by Gasteiger charge is 2.13. The summed E-state index contributed by atoms with van der Waals surface area (Å²) in [4.78, 5) is 2.41. The molecule has 3 heteroatoms. The number of anilines is 3. The van der Waals surface area contributed by atoms with Gasteiger partial charge in [0.15, 0.2) is 0 Å². The molecule has 2 N–H and O–H groups in total. The summed E-state index contributed by atoms with van der Waals surface area (Å²) in [5.74, 6) is 0. The van der Waals surface area contributed by atoms with Crippen LogP contribution in [0.2, 0.25) is 0 Å². The van der Waals surface area contributed by atoms with Crippen molar-refractivity contribution < 1.29 is 0 Å². The topological polar surface area (TPSA) is 27.3 Å². The van der Waals surface area contributed by atoms with Gasteiger partial charge in [0, 0.05) is 28.8 Å². The van der Waals surface area contributed by atoms with Gasteiger partial charge in [-0.05, 0) is 62.9 Å². The lowest BCUT2D eigenvalue weighted by Gasteiger charge is -2.30. The molecule has 0 unspecified atom stereocenters. The molecule has 0 radical (unpaired) electrons. The molecule has 0 bridgehead atoms. The van der Waals surface area contributed by atoms with Gasteiger partial charge in [-0.25, -0.2) is 0 Å². The molecule has 124 valence electrons. The smallest absolute Gasteiger partial charge is 0.0579 e. The largest absolute Gasteiger partial charge is 0.364 e. The molecule has 0 fully saturated rings. The summed E-state index contributed by atoms with van der Waals surface area (Å²) in [6.45, 7) is 5.36. The van der Waals surface area contributed by atoms with E-state index >= 15 is 0 Å². The van der Waals surface area contributed by atoms with Gasteiger partial charge in [0.05, 0.1) is 6.54 Å². The first kappa shape index (κ1) is 16.2. The molecule has 1 heterocycles. The molecule has 0 saturated carbocycles. The van der Waals surface area contributed by atoms with Crippen LogP contribution in [0, 0.1) is 0 Å². The number of hydrogen-bond donors (Lipinski definition) is 2. The molecule has 1 aliphatic rings. The fourth-order valence-electron chi connectivity index (χ4n) is 2.79. The van der Waals surface area contributed by atoms with E-state index in [-0.39, 0.29) is 0 Å². The van der Waals surface area contributed by atoms with Crippen molar-refractivity contribution in [2.24, 2.45) is 0 Å². The number of nitrogens with zero attached hydrogens (tertiary/aromatic N) is 1. The van der Waals surface area contributed by atoms with Crippen LogP contribution in [0.5, 0.6) is 0 Å². The Balaban J connectivity index is 1.70. The predicted octanol–water partition coefficient (Wildman–Crippen LogP) is 5.04. The van der Waals surface area contributed by atoms with Crippen LogP contribution in [0.3, 0.4) is 0 Å². The quantitative estimate of drug-likeness (QED) is 0.781. The zero-order valence-corrected chi connectivity index (χ0v) is 14.4. The van der Waals surface area contributed by atoms with Gasteiger partial charge < -0.3 is 15.5 Å². The maximum Gasteiger partial charge on any atom is 0.0579 e. The van der Waals surface area contributed by atoms with Gasteiger partial charge in [-0.15, -0.1) is 0 Å². The minimum Gasteiger partial charge on any atom is -0.364 e. The van der Waals surface area contributed by atoms with Crippen LogP contribution in [0.25, 0.3) is 0 Å². The zero-order chi connectivity index (χ0) is 16.8. The summed E-state index contributed by atoms with van der Waals surface area (Å²) in [6, 6.07) is 19.3. The summed E-state index contributed by atoms with van der Waals surface area (Å²) >= 11 is 0. The third-order valence-corrected chi connectivity index (χ3v) is 4.11. The van der Waals surface area contributed by atoms with E-state index < -0.39 is 0 Å². The fraction of sp³-hybridized carbons (Fsp3) is 0.238. The van der Waals surface area contributed by atoms with Crippen molar-refractivity contribution in [1.29, 1.82) is 0 Å². The SMILES string of the molecule is CC(C)N(CC1=CCC=CN1)c1ccc(Nc2ccccc2)cc1. The number of benzene rings is 2. The number of rotatable bonds is 6. The van der Waals surface area contributed by atoms with Gasteiger partial charge in [0.2, 0.25) is 0 Å². The van der Waals surface area contributed by atoms with Gasteiger partial charge in [-0.1, -0.05) is 30.4 Å². The molecule has 0 aromatic heterocycles. The van der Waals surface area contributed by atoms with E-state index in [0.717, 1.165) is 24.3 Å². The maximum absolute atomic E-state index is 3.43. The van der Waals surface area contributed by atoms with Crippen molar-refractivity contribution >= 4 is 17.1 Å². The molecule has 0 spiro atoms. The Hall–Kier alpha value is -2.68. The minimum absolute atomic E-state index is 0.437. The Morgan fingerprint density at radius 1 is 1.00 bits per heavy atom. The van der Waals surface area contributed by atoms with E-state index in [9.17, 15) is 0 Å². The number of nitrogens with one attached hydrogen (secondary N) is 2. The molecule has 0 atom stereocenters. The lowest BCUT2D eigenvalue weighted by molar-refractivity contribution is 0.696. The first-order chi connectivity index (χ1) is 11.7. The van der Waals surface area contributed by atoms with Crippen molar-refractivity contribution in [2.75, 3.05) is 16.8 Å². The number of allylic oxidation sites excluding steroid dienone is 2. The first-order valence-corrected chi connectivity index (χ1v) is 8.52. The summed E-state index contributed by atoms with van der Waals surface area (Å²) in [5.41, 5.74) is 4.71. The molecule has 0 amide bonds. The van der Waals surface area contributed by atoms with Crippen LogP contribution >= 0.6 is 0 Å². The van der Waals surface area contributed by atoms with E-state index in [2.05, 4.69) is 77.9 Å². The molecule has 2 aromatic carbocycles. The van der Waals surface area contributed by atoms with E-state index in [1.54, 1.807) is 0 Å². The monoisotopic (exact) mass is 319 g/mol. The average Bonchev–Trinajstić information content (AvgIpc) is 2.62. The van der Waals surface area contributed by atoms with Gasteiger partial charge in [0.25, 0.3) is 0 Å². The van der Waals surface area contributed by atoms with Gasteiger partial charge in [-0.2, -0.15) is 0 Å². The number of hydrogen-bond acceptors (Lipinski definition) is 3. The van der Waals surface area contributed by atoms with E-state index in [0.29, 0.717) is 6.04 Å². The van der Waals surface area contributed by atoms with Crippen molar-refractivity contribution in [1.82, 2.24) is 5.32 Å². The van der Waals surface area contributed by atoms with Crippen LogP contribution in [-0.4, -0.2) is 12.6 Å². The molecule has 2 aromatic rings. The van der Waals surface area contributed by atoms with Crippen LogP contribution in [0.1, 0.15) is 20.3 Å². The molecule has 3 nitrogen and oxygen atoms in total. The van der Waals surface area contributed by atoms with Crippen molar-refractivity contribution in [3.8, 4) is 0 Å². The number of para-hydroxylation sites is 1. The highest BCUT2D eigenvalue weighted by atomic mass is 15.2. The van der Waals surface area contributed by atoms with Crippen LogP contribution in [0.4, 0.5) is 17.1 Å². The van der Waals surface area contributed by atoms with E-state index in [4.69, 9.17) is 0 Å². The molecule has 0 aliphatic carbocycles. The van der Waals surface area contributed by atoms with Crippen LogP contribution < -0.4 is 15.5 Å². The Bertz CT molecular complexity index is 700. The van der Waals surface area contributed by atoms with Gasteiger partial charge in [-0.3, -0.25) is 0 Å². The molecule has 24 heavy (non-hydrogen) atoms. The second-order valence-corrected chi connectivity index (χ2v) is 6.27. The van der Waals surface area contributed by atoms with Crippen LogP contribution in [0.15, 0.2) is 78.6 Å². The Morgan fingerprint density at radius 3 is 2.33 bits per heavy atom. The van der Waals surface area contributed by atoms with Crippen molar-refractivity contribution in [3.63, 3.8) is 0 Å². The van der Waals surface area contributed by atoms with E-state index in [1.165, 1.54) is 11.4 Å². The van der Waals surface area contributed by atoms with Gasteiger partial charge in [0.1, 0.15) is 0 Å². The molecule has 1 aliphatic heterocycles. The highest BCUT2D eigenvalue weighted by molar-refractivity contribution is 5.63. The second-order valence-electron chi connectivity index (χ2n) is 6.27. The molecule has 0 saturated heterocycles. The summed E-state index contributed by atoms with van der Waals surface area (Å²) in [5, 5.41) is 6.77. The Kier molecular flexibility index (Phi) is 5.22. The predicted molar refractivity (Wildman–Crippen MR) is 104 cm³/mol. The summed E-state index contributed by atoms with van der Waals surface area (Å²) in [7, 11) is 0. The lowest BCUT2D eigenvalue weighted by Crippen LogP contribution is -2.35. The summed E-state index contributed by atoms with van der Waals surface area (Å²) < 4.78 is 0. The van der Waals surface area contributed by atoms with Gasteiger partial charge >= 0.3 is 0 Å².